The highest BCUT2D eigenvalue weighted by Crippen LogP contribution is 2.08. The van der Waals surface area contributed by atoms with E-state index < -0.39 is 0 Å². The molecule has 0 unspecified atom stereocenters. The molecule has 17 heavy (non-hydrogen) atoms. The minimum Gasteiger partial charge on any atom is -0.370 e. The molecule has 0 saturated carbocycles. The van der Waals surface area contributed by atoms with Crippen LogP contribution in [0, 0.1) is 0 Å². The third kappa shape index (κ3) is 4.18. The van der Waals surface area contributed by atoms with Crippen LogP contribution in [0.25, 0.3) is 0 Å². The van der Waals surface area contributed by atoms with Gasteiger partial charge in [0, 0.05) is 31.9 Å². The Labute approximate surface area is 119 Å². The van der Waals surface area contributed by atoms with Gasteiger partial charge in [-0.05, 0) is 19.3 Å². The molecule has 1 aliphatic rings. The second-order valence-corrected chi connectivity index (χ2v) is 4.24. The lowest BCUT2D eigenvalue weighted by atomic mass is 10.1. The fraction of sp³-hybridized carbons (Fsp3) is 0.636. The number of hydrogen-bond donors (Lipinski definition) is 1. The predicted octanol–water partition coefficient (Wildman–Crippen LogP) is 1.34. The highest BCUT2D eigenvalue weighted by Gasteiger charge is 2.11. The molecule has 0 spiro atoms. The first-order valence-electron chi connectivity index (χ1n) is 5.78. The van der Waals surface area contributed by atoms with Gasteiger partial charge < -0.3 is 10.6 Å². The van der Waals surface area contributed by atoms with Gasteiger partial charge in [0.2, 0.25) is 0 Å². The van der Waals surface area contributed by atoms with Crippen LogP contribution < -0.4 is 5.73 Å². The molecule has 0 aliphatic carbocycles. The van der Waals surface area contributed by atoms with Gasteiger partial charge in [0.15, 0.2) is 5.96 Å². The second kappa shape index (κ2) is 6.83. The first-order valence-corrected chi connectivity index (χ1v) is 5.78. The highest BCUT2D eigenvalue weighted by atomic mass is 127. The highest BCUT2D eigenvalue weighted by molar-refractivity contribution is 14.0. The van der Waals surface area contributed by atoms with Crippen LogP contribution in [-0.4, -0.2) is 33.7 Å². The average molecular weight is 349 g/mol. The summed E-state index contributed by atoms with van der Waals surface area (Å²) in [6.07, 6.45) is 7.55. The Bertz CT molecular complexity index is 368. The Kier molecular flexibility index (Phi) is 5.73. The third-order valence-corrected chi connectivity index (χ3v) is 2.86. The SMILES string of the molecule is Cn1cc(CN=C(N)N2CCCCC2)cn1.I. The molecule has 5 nitrogen and oxygen atoms in total. The van der Waals surface area contributed by atoms with Crippen molar-refractivity contribution < 1.29 is 0 Å². The van der Waals surface area contributed by atoms with E-state index in [9.17, 15) is 0 Å². The summed E-state index contributed by atoms with van der Waals surface area (Å²) in [4.78, 5) is 6.56. The molecule has 2 N–H and O–H groups in total. The lowest BCUT2D eigenvalue weighted by molar-refractivity contribution is 0.338. The molecule has 96 valence electrons. The van der Waals surface area contributed by atoms with Crippen molar-refractivity contribution in [1.82, 2.24) is 14.7 Å². The van der Waals surface area contributed by atoms with Gasteiger partial charge in [-0.1, -0.05) is 0 Å². The van der Waals surface area contributed by atoms with E-state index in [-0.39, 0.29) is 24.0 Å². The van der Waals surface area contributed by atoms with Crippen molar-refractivity contribution in [2.75, 3.05) is 13.1 Å². The number of aromatic nitrogens is 2. The summed E-state index contributed by atoms with van der Waals surface area (Å²) < 4.78 is 1.78. The van der Waals surface area contributed by atoms with Crippen LogP contribution in [0.5, 0.6) is 0 Å². The zero-order chi connectivity index (χ0) is 11.4. The van der Waals surface area contributed by atoms with E-state index >= 15 is 0 Å². The molecule has 0 atom stereocenters. The molecule has 1 aromatic rings. The van der Waals surface area contributed by atoms with Crippen LogP contribution in [0.3, 0.4) is 0 Å². The first-order chi connectivity index (χ1) is 7.75. The summed E-state index contributed by atoms with van der Waals surface area (Å²) in [5.41, 5.74) is 7.05. The number of likely N-dealkylation sites (tertiary alicyclic amines) is 1. The summed E-state index contributed by atoms with van der Waals surface area (Å²) in [5, 5.41) is 4.10. The molecule has 2 rings (SSSR count). The van der Waals surface area contributed by atoms with E-state index in [0.717, 1.165) is 18.7 Å². The average Bonchev–Trinajstić information content (AvgIpc) is 2.73. The fourth-order valence-electron chi connectivity index (χ4n) is 1.95. The molecule has 1 aromatic heterocycles. The standard InChI is InChI=1S/C11H19N5.HI/c1-15-9-10(8-14-15)7-13-11(12)16-5-3-2-4-6-16;/h8-9H,2-7H2,1H3,(H2,12,13);1H. The van der Waals surface area contributed by atoms with Crippen molar-refractivity contribution in [3.8, 4) is 0 Å². The maximum Gasteiger partial charge on any atom is 0.191 e. The normalized spacial score (nSPS) is 16.8. The van der Waals surface area contributed by atoms with Crippen molar-refractivity contribution >= 4 is 29.9 Å². The summed E-state index contributed by atoms with van der Waals surface area (Å²) >= 11 is 0. The molecular formula is C11H20IN5. The van der Waals surface area contributed by atoms with Gasteiger partial charge in [0.1, 0.15) is 0 Å². The van der Waals surface area contributed by atoms with Gasteiger partial charge in [0.25, 0.3) is 0 Å². The quantitative estimate of drug-likeness (QED) is 0.498. The van der Waals surface area contributed by atoms with Gasteiger partial charge in [-0.3, -0.25) is 4.68 Å². The molecule has 0 amide bonds. The maximum atomic E-state index is 5.95. The van der Waals surface area contributed by atoms with E-state index in [1.807, 2.05) is 19.4 Å². The van der Waals surface area contributed by atoms with Crippen molar-refractivity contribution in [1.29, 1.82) is 0 Å². The lowest BCUT2D eigenvalue weighted by Crippen LogP contribution is -2.40. The maximum absolute atomic E-state index is 5.95. The number of hydrogen-bond acceptors (Lipinski definition) is 2. The molecule has 1 aliphatic heterocycles. The van der Waals surface area contributed by atoms with Crippen molar-refractivity contribution in [2.45, 2.75) is 25.8 Å². The zero-order valence-electron chi connectivity index (χ0n) is 10.2. The van der Waals surface area contributed by atoms with E-state index in [1.54, 1.807) is 4.68 Å². The van der Waals surface area contributed by atoms with Gasteiger partial charge >= 0.3 is 0 Å². The molecular weight excluding hydrogens is 329 g/mol. The Morgan fingerprint density at radius 2 is 2.12 bits per heavy atom. The molecule has 2 heterocycles. The minimum atomic E-state index is 0. The second-order valence-electron chi connectivity index (χ2n) is 4.24. The van der Waals surface area contributed by atoms with Gasteiger partial charge in [-0.25, -0.2) is 4.99 Å². The number of nitrogens with two attached hydrogens (primary N) is 1. The van der Waals surface area contributed by atoms with Crippen LogP contribution >= 0.6 is 24.0 Å². The van der Waals surface area contributed by atoms with Crippen molar-refractivity contribution in [2.24, 2.45) is 17.8 Å². The van der Waals surface area contributed by atoms with E-state index in [0.29, 0.717) is 12.5 Å². The van der Waals surface area contributed by atoms with Crippen LogP contribution in [0.2, 0.25) is 0 Å². The number of aryl methyl sites for hydroxylation is 1. The smallest absolute Gasteiger partial charge is 0.191 e. The molecule has 0 aromatic carbocycles. The predicted molar refractivity (Wildman–Crippen MR) is 79.4 cm³/mol. The number of nitrogens with zero attached hydrogens (tertiary/aromatic N) is 4. The Morgan fingerprint density at radius 3 is 2.71 bits per heavy atom. The zero-order valence-corrected chi connectivity index (χ0v) is 12.5. The summed E-state index contributed by atoms with van der Waals surface area (Å²) in [5.74, 6) is 0.670. The molecule has 0 bridgehead atoms. The monoisotopic (exact) mass is 349 g/mol. The van der Waals surface area contributed by atoms with Gasteiger partial charge in [-0.15, -0.1) is 24.0 Å². The minimum absolute atomic E-state index is 0. The Hall–Kier alpha value is -0.790. The van der Waals surface area contributed by atoms with E-state index in [2.05, 4.69) is 15.0 Å². The molecule has 1 fully saturated rings. The first kappa shape index (κ1) is 14.3. The lowest BCUT2D eigenvalue weighted by Gasteiger charge is -2.27. The number of piperidine rings is 1. The van der Waals surface area contributed by atoms with E-state index in [4.69, 9.17) is 5.73 Å². The number of aliphatic imine (C=N–C) groups is 1. The van der Waals surface area contributed by atoms with Crippen LogP contribution in [0.1, 0.15) is 24.8 Å². The van der Waals surface area contributed by atoms with Crippen LogP contribution in [-0.2, 0) is 13.6 Å². The van der Waals surface area contributed by atoms with Gasteiger partial charge in [-0.2, -0.15) is 5.10 Å². The Morgan fingerprint density at radius 1 is 1.41 bits per heavy atom. The third-order valence-electron chi connectivity index (χ3n) is 2.86. The van der Waals surface area contributed by atoms with Gasteiger partial charge in [0.05, 0.1) is 12.7 Å². The molecule has 0 radical (unpaired) electrons. The number of rotatable bonds is 2. The number of guanidine groups is 1. The van der Waals surface area contributed by atoms with Crippen LogP contribution in [0.15, 0.2) is 17.4 Å². The summed E-state index contributed by atoms with van der Waals surface area (Å²) in [7, 11) is 1.90. The molecule has 6 heteroatoms. The topological polar surface area (TPSA) is 59.4 Å². The summed E-state index contributed by atoms with van der Waals surface area (Å²) in [6, 6.07) is 0. The fourth-order valence-corrected chi connectivity index (χ4v) is 1.95. The van der Waals surface area contributed by atoms with Crippen molar-refractivity contribution in [3.05, 3.63) is 18.0 Å². The number of halogens is 1. The largest absolute Gasteiger partial charge is 0.370 e. The van der Waals surface area contributed by atoms with E-state index in [1.165, 1.54) is 19.3 Å². The van der Waals surface area contributed by atoms with Crippen LogP contribution in [0.4, 0.5) is 0 Å². The summed E-state index contributed by atoms with van der Waals surface area (Å²) in [6.45, 7) is 2.71. The molecule has 1 saturated heterocycles. The Balaban J connectivity index is 0.00000144. The van der Waals surface area contributed by atoms with Crippen molar-refractivity contribution in [3.63, 3.8) is 0 Å².